The molecule has 0 aliphatic rings. The molecule has 0 aliphatic carbocycles. The monoisotopic (exact) mass is 300 g/mol. The number of thiophene rings is 1. The van der Waals surface area contributed by atoms with Crippen LogP contribution in [0.5, 0.6) is 0 Å². The topological polar surface area (TPSA) is 72.0 Å². The van der Waals surface area contributed by atoms with Crippen LogP contribution < -0.4 is 5.56 Å². The van der Waals surface area contributed by atoms with Crippen LogP contribution in [0.15, 0.2) is 41.5 Å². The summed E-state index contributed by atoms with van der Waals surface area (Å²) in [5.74, 6) is -0.432. The van der Waals surface area contributed by atoms with Crippen molar-refractivity contribution < 1.29 is 9.53 Å². The van der Waals surface area contributed by atoms with Gasteiger partial charge in [0.25, 0.3) is 5.56 Å². The lowest BCUT2D eigenvalue weighted by Crippen LogP contribution is -2.07. The van der Waals surface area contributed by atoms with E-state index in [2.05, 4.69) is 9.97 Å². The molecule has 0 fully saturated rings. The third-order valence-electron chi connectivity index (χ3n) is 3.13. The van der Waals surface area contributed by atoms with Crippen molar-refractivity contribution in [2.75, 3.05) is 0 Å². The zero-order valence-corrected chi connectivity index (χ0v) is 12.1. The molecule has 0 atom stereocenters. The summed E-state index contributed by atoms with van der Waals surface area (Å²) in [5, 5.41) is 0.453. The van der Waals surface area contributed by atoms with Crippen molar-refractivity contribution in [3.8, 4) is 0 Å². The van der Waals surface area contributed by atoms with Crippen molar-refractivity contribution in [1.82, 2.24) is 9.97 Å². The number of rotatable bonds is 3. The van der Waals surface area contributed by atoms with E-state index in [0.717, 1.165) is 5.56 Å². The van der Waals surface area contributed by atoms with Crippen LogP contribution in [0.2, 0.25) is 0 Å². The standard InChI is InChI=1S/C15H12N2O3S/c1-9-11-13(18)16-8-17-14(11)21-12(9)15(19)20-7-10-5-3-2-4-6-10/h2-6,8H,7H2,1H3,(H,16,17,18). The van der Waals surface area contributed by atoms with Crippen LogP contribution in [0.1, 0.15) is 20.8 Å². The summed E-state index contributed by atoms with van der Waals surface area (Å²) in [6, 6.07) is 9.45. The molecule has 5 nitrogen and oxygen atoms in total. The predicted octanol–water partition coefficient (Wildman–Crippen LogP) is 2.65. The van der Waals surface area contributed by atoms with E-state index in [1.165, 1.54) is 17.7 Å². The quantitative estimate of drug-likeness (QED) is 0.755. The fraction of sp³-hybridized carbons (Fsp3) is 0.133. The Morgan fingerprint density at radius 3 is 2.81 bits per heavy atom. The number of benzene rings is 1. The minimum Gasteiger partial charge on any atom is -0.457 e. The number of nitrogens with one attached hydrogen (secondary N) is 1. The molecule has 0 spiro atoms. The number of aromatic amines is 1. The van der Waals surface area contributed by atoms with Crippen molar-refractivity contribution in [2.45, 2.75) is 13.5 Å². The molecule has 2 heterocycles. The normalized spacial score (nSPS) is 10.7. The summed E-state index contributed by atoms with van der Waals surface area (Å²) in [6.45, 7) is 1.94. The molecule has 0 radical (unpaired) electrons. The van der Waals surface area contributed by atoms with Crippen molar-refractivity contribution >= 4 is 27.5 Å². The molecule has 1 N–H and O–H groups in total. The number of hydrogen-bond acceptors (Lipinski definition) is 5. The summed E-state index contributed by atoms with van der Waals surface area (Å²) in [4.78, 5) is 31.5. The highest BCUT2D eigenvalue weighted by molar-refractivity contribution is 7.20. The van der Waals surface area contributed by atoms with Gasteiger partial charge in [-0.05, 0) is 18.1 Å². The number of ether oxygens (including phenoxy) is 1. The molecule has 6 heteroatoms. The SMILES string of the molecule is Cc1c(C(=O)OCc2ccccc2)sc2nc[nH]c(=O)c12. The lowest BCUT2D eigenvalue weighted by molar-refractivity contribution is 0.0478. The third kappa shape index (κ3) is 2.57. The van der Waals surface area contributed by atoms with Crippen LogP contribution in [0, 0.1) is 6.92 Å². The maximum atomic E-state index is 12.2. The Morgan fingerprint density at radius 2 is 2.10 bits per heavy atom. The molecule has 0 amide bonds. The van der Waals surface area contributed by atoms with Crippen molar-refractivity contribution in [1.29, 1.82) is 0 Å². The van der Waals surface area contributed by atoms with Crippen LogP contribution in [-0.2, 0) is 11.3 Å². The Bertz CT molecular complexity index is 852. The van der Waals surface area contributed by atoms with Crippen LogP contribution in [0.3, 0.4) is 0 Å². The summed E-state index contributed by atoms with van der Waals surface area (Å²) in [6.07, 6.45) is 1.33. The summed E-state index contributed by atoms with van der Waals surface area (Å²) in [7, 11) is 0. The molecule has 3 rings (SSSR count). The Hall–Kier alpha value is -2.47. The Kier molecular flexibility index (Phi) is 3.53. The highest BCUT2D eigenvalue weighted by Crippen LogP contribution is 2.27. The first kappa shape index (κ1) is 13.5. The molecule has 2 aromatic heterocycles. The van der Waals surface area contributed by atoms with E-state index in [-0.39, 0.29) is 12.2 Å². The Labute approximate surface area is 124 Å². The van der Waals surface area contributed by atoms with Gasteiger partial charge in [-0.25, -0.2) is 9.78 Å². The number of aryl methyl sites for hydroxylation is 1. The van der Waals surface area contributed by atoms with Gasteiger partial charge < -0.3 is 9.72 Å². The minimum absolute atomic E-state index is 0.206. The summed E-state index contributed by atoms with van der Waals surface area (Å²) >= 11 is 1.18. The van der Waals surface area contributed by atoms with E-state index in [0.29, 0.717) is 20.7 Å². The van der Waals surface area contributed by atoms with Gasteiger partial charge in [-0.2, -0.15) is 0 Å². The van der Waals surface area contributed by atoms with Crippen molar-refractivity contribution in [2.24, 2.45) is 0 Å². The lowest BCUT2D eigenvalue weighted by Gasteiger charge is -2.03. The number of nitrogens with zero attached hydrogens (tertiary/aromatic N) is 1. The van der Waals surface area contributed by atoms with E-state index in [4.69, 9.17) is 4.74 Å². The van der Waals surface area contributed by atoms with Gasteiger partial charge in [-0.15, -0.1) is 11.3 Å². The lowest BCUT2D eigenvalue weighted by atomic mass is 10.2. The van der Waals surface area contributed by atoms with Crippen LogP contribution in [-0.4, -0.2) is 15.9 Å². The highest BCUT2D eigenvalue weighted by atomic mass is 32.1. The summed E-state index contributed by atoms with van der Waals surface area (Å²) in [5.41, 5.74) is 1.29. The molecular formula is C15H12N2O3S. The van der Waals surface area contributed by atoms with Gasteiger partial charge in [0.1, 0.15) is 16.3 Å². The molecular weight excluding hydrogens is 288 g/mol. The average molecular weight is 300 g/mol. The number of carbonyl (C=O) groups excluding carboxylic acids is 1. The van der Waals surface area contributed by atoms with Crippen LogP contribution in [0.4, 0.5) is 0 Å². The second kappa shape index (κ2) is 5.49. The van der Waals surface area contributed by atoms with E-state index in [1.54, 1.807) is 6.92 Å². The molecule has 0 unspecified atom stereocenters. The largest absolute Gasteiger partial charge is 0.457 e. The van der Waals surface area contributed by atoms with Gasteiger partial charge in [-0.3, -0.25) is 4.79 Å². The molecule has 0 aliphatic heterocycles. The van der Waals surface area contributed by atoms with Gasteiger partial charge in [0.05, 0.1) is 11.7 Å². The number of hydrogen-bond donors (Lipinski definition) is 1. The number of aromatic nitrogens is 2. The van der Waals surface area contributed by atoms with Gasteiger partial charge in [0.2, 0.25) is 0 Å². The second-order valence-electron chi connectivity index (χ2n) is 4.53. The van der Waals surface area contributed by atoms with Gasteiger partial charge in [0.15, 0.2) is 0 Å². The van der Waals surface area contributed by atoms with Crippen molar-refractivity contribution in [3.05, 3.63) is 63.0 Å². The Balaban J connectivity index is 1.87. The number of esters is 1. The third-order valence-corrected chi connectivity index (χ3v) is 4.31. The fourth-order valence-corrected chi connectivity index (χ4v) is 3.11. The number of fused-ring (bicyclic) bond motifs is 1. The number of H-pyrrole nitrogens is 1. The average Bonchev–Trinajstić information content (AvgIpc) is 2.84. The van der Waals surface area contributed by atoms with Crippen LogP contribution in [0.25, 0.3) is 10.2 Å². The maximum Gasteiger partial charge on any atom is 0.349 e. The second-order valence-corrected chi connectivity index (χ2v) is 5.53. The summed E-state index contributed by atoms with van der Waals surface area (Å²) < 4.78 is 5.30. The molecule has 0 saturated carbocycles. The zero-order chi connectivity index (χ0) is 14.8. The van der Waals surface area contributed by atoms with E-state index in [1.807, 2.05) is 30.3 Å². The fourth-order valence-electron chi connectivity index (χ4n) is 2.06. The van der Waals surface area contributed by atoms with Gasteiger partial charge in [-0.1, -0.05) is 30.3 Å². The molecule has 106 valence electrons. The maximum absolute atomic E-state index is 12.2. The van der Waals surface area contributed by atoms with E-state index >= 15 is 0 Å². The smallest absolute Gasteiger partial charge is 0.349 e. The van der Waals surface area contributed by atoms with E-state index in [9.17, 15) is 9.59 Å². The molecule has 0 bridgehead atoms. The van der Waals surface area contributed by atoms with E-state index < -0.39 is 5.97 Å². The molecule has 3 aromatic rings. The first-order valence-electron chi connectivity index (χ1n) is 6.34. The molecule has 1 aromatic carbocycles. The first-order valence-corrected chi connectivity index (χ1v) is 7.16. The first-order chi connectivity index (χ1) is 10.2. The number of carbonyl (C=O) groups is 1. The molecule has 0 saturated heterocycles. The predicted molar refractivity (Wildman–Crippen MR) is 80.5 cm³/mol. The Morgan fingerprint density at radius 1 is 1.33 bits per heavy atom. The van der Waals surface area contributed by atoms with Crippen molar-refractivity contribution in [3.63, 3.8) is 0 Å². The van der Waals surface area contributed by atoms with Gasteiger partial charge >= 0.3 is 5.97 Å². The molecule has 21 heavy (non-hydrogen) atoms. The van der Waals surface area contributed by atoms with Gasteiger partial charge in [0, 0.05) is 0 Å². The minimum atomic E-state index is -0.432. The zero-order valence-electron chi connectivity index (χ0n) is 11.3. The van der Waals surface area contributed by atoms with Crippen LogP contribution >= 0.6 is 11.3 Å². The highest BCUT2D eigenvalue weighted by Gasteiger charge is 2.19.